The van der Waals surface area contributed by atoms with Gasteiger partial charge in [0.05, 0.1) is 0 Å². The fourth-order valence-electron chi connectivity index (χ4n) is 0.996. The predicted octanol–water partition coefficient (Wildman–Crippen LogP) is 3.80. The molecule has 8 heteroatoms. The van der Waals surface area contributed by atoms with Gasteiger partial charge < -0.3 is 4.74 Å². The molecule has 0 aromatic heterocycles. The van der Waals surface area contributed by atoms with Gasteiger partial charge >= 0.3 is 18.8 Å². The van der Waals surface area contributed by atoms with Gasteiger partial charge in [-0.25, -0.2) is 9.13 Å². The van der Waals surface area contributed by atoms with E-state index in [0.717, 1.165) is 12.1 Å². The summed E-state index contributed by atoms with van der Waals surface area (Å²) in [7, 11) is 0. The minimum atomic E-state index is -5.51. The quantitative estimate of drug-likeness (QED) is 0.777. The third-order valence-corrected chi connectivity index (χ3v) is 1.78. The van der Waals surface area contributed by atoms with Crippen LogP contribution in [0.1, 0.15) is 5.56 Å². The van der Waals surface area contributed by atoms with Crippen molar-refractivity contribution in [3.8, 4) is 5.75 Å². The van der Waals surface area contributed by atoms with Crippen LogP contribution >= 0.6 is 0 Å². The second-order valence-electron chi connectivity index (χ2n) is 3.36. The van der Waals surface area contributed by atoms with E-state index in [0.29, 0.717) is 5.56 Å². The van der Waals surface area contributed by atoms with Crippen molar-refractivity contribution in [2.75, 3.05) is 0 Å². The third kappa shape index (κ3) is 4.44. The van der Waals surface area contributed by atoms with Crippen molar-refractivity contribution in [3.63, 3.8) is 0 Å². The Morgan fingerprint density at radius 2 is 1.50 bits per heavy atom. The Labute approximate surface area is 98.1 Å². The van der Waals surface area contributed by atoms with Gasteiger partial charge in [0.25, 0.3) is 0 Å². The molecule has 0 saturated heterocycles. The lowest BCUT2D eigenvalue weighted by Crippen LogP contribution is -2.41. The van der Waals surface area contributed by atoms with Gasteiger partial charge in [-0.05, 0) is 19.1 Å². The summed E-state index contributed by atoms with van der Waals surface area (Å²) in [5.74, 6) is -0.473. The number of hydrogen-bond donors (Lipinski definition) is 0. The summed E-state index contributed by atoms with van der Waals surface area (Å²) < 4.78 is 79.6. The van der Waals surface area contributed by atoms with E-state index in [4.69, 9.17) is 0 Å². The Morgan fingerprint density at radius 3 is 1.94 bits per heavy atom. The van der Waals surface area contributed by atoms with Crippen LogP contribution in [0.15, 0.2) is 24.3 Å². The number of rotatable bonds is 4. The van der Waals surface area contributed by atoms with Gasteiger partial charge in [0.15, 0.2) is 0 Å². The fourth-order valence-corrected chi connectivity index (χ4v) is 0.996. The molecule has 0 amide bonds. The Bertz CT molecular complexity index is 386. The monoisotopic (exact) mass is 274 g/mol. The molecule has 1 unspecified atom stereocenters. The molecule has 0 bridgehead atoms. The number of halogens is 6. The normalized spacial score (nSPS) is 14.4. The lowest BCUT2D eigenvalue weighted by atomic mass is 10.2. The van der Waals surface area contributed by atoms with Crippen molar-refractivity contribution in [1.82, 2.24) is 0 Å². The molecule has 0 radical (unpaired) electrons. The van der Waals surface area contributed by atoms with E-state index in [1.807, 2.05) is 0 Å². The third-order valence-electron chi connectivity index (χ3n) is 1.78. The van der Waals surface area contributed by atoms with Crippen molar-refractivity contribution in [2.24, 2.45) is 0 Å². The molecule has 0 spiro atoms. The topological polar surface area (TPSA) is 18.5 Å². The van der Waals surface area contributed by atoms with E-state index in [9.17, 15) is 26.3 Å². The standard InChI is InChI=1S/C10H8F6O2/c1-6-2-4-7(5-3-6)17-9(12,13)8(11)18-10(14,15)16/h2-5,8H,1H3. The van der Waals surface area contributed by atoms with Gasteiger partial charge in [0.2, 0.25) is 0 Å². The van der Waals surface area contributed by atoms with Gasteiger partial charge in [0, 0.05) is 0 Å². The molecule has 1 atom stereocenters. The van der Waals surface area contributed by atoms with Gasteiger partial charge in [-0.15, -0.1) is 13.2 Å². The molecule has 1 aromatic carbocycles. The van der Waals surface area contributed by atoms with Crippen molar-refractivity contribution >= 4 is 0 Å². The first kappa shape index (κ1) is 14.6. The molecular formula is C10H8F6O2. The van der Waals surface area contributed by atoms with Crippen LogP contribution in [-0.4, -0.2) is 18.8 Å². The summed E-state index contributed by atoms with van der Waals surface area (Å²) in [6.45, 7) is 1.66. The van der Waals surface area contributed by atoms with Gasteiger partial charge in [-0.1, -0.05) is 17.7 Å². The van der Waals surface area contributed by atoms with Crippen molar-refractivity contribution in [1.29, 1.82) is 0 Å². The molecule has 1 rings (SSSR count). The van der Waals surface area contributed by atoms with E-state index in [2.05, 4.69) is 9.47 Å². The summed E-state index contributed by atoms with van der Waals surface area (Å²) in [5, 5.41) is 0. The van der Waals surface area contributed by atoms with E-state index in [-0.39, 0.29) is 0 Å². The summed E-state index contributed by atoms with van der Waals surface area (Å²) in [6, 6.07) is 4.90. The largest absolute Gasteiger partial charge is 0.525 e. The van der Waals surface area contributed by atoms with Crippen LogP contribution in [0.3, 0.4) is 0 Å². The van der Waals surface area contributed by atoms with Crippen molar-refractivity contribution < 1.29 is 35.8 Å². The average Bonchev–Trinajstić information content (AvgIpc) is 2.18. The van der Waals surface area contributed by atoms with Gasteiger partial charge in [-0.3, -0.25) is 0 Å². The van der Waals surface area contributed by atoms with Crippen LogP contribution in [0, 0.1) is 6.92 Å². The number of aryl methyl sites for hydroxylation is 1. The molecule has 1 aromatic rings. The molecule has 18 heavy (non-hydrogen) atoms. The van der Waals surface area contributed by atoms with Crippen LogP contribution in [0.5, 0.6) is 5.75 Å². The molecule has 0 aliphatic carbocycles. The summed E-state index contributed by atoms with van der Waals surface area (Å²) in [5.41, 5.74) is 0.717. The first-order valence-electron chi connectivity index (χ1n) is 4.62. The van der Waals surface area contributed by atoms with Crippen LogP contribution < -0.4 is 4.74 Å². The van der Waals surface area contributed by atoms with E-state index in [1.165, 1.54) is 12.1 Å². The van der Waals surface area contributed by atoms with Crippen LogP contribution in [0.4, 0.5) is 26.3 Å². The first-order valence-corrected chi connectivity index (χ1v) is 4.62. The van der Waals surface area contributed by atoms with Crippen LogP contribution in [-0.2, 0) is 4.74 Å². The van der Waals surface area contributed by atoms with Crippen LogP contribution in [0.2, 0.25) is 0 Å². The highest BCUT2D eigenvalue weighted by molar-refractivity contribution is 5.26. The average molecular weight is 274 g/mol. The van der Waals surface area contributed by atoms with E-state index < -0.39 is 24.6 Å². The Kier molecular flexibility index (Phi) is 4.10. The molecule has 0 saturated carbocycles. The SMILES string of the molecule is Cc1ccc(OC(F)(F)C(F)OC(F)(F)F)cc1. The Hall–Kier alpha value is -1.44. The zero-order valence-corrected chi connectivity index (χ0v) is 8.97. The lowest BCUT2D eigenvalue weighted by molar-refractivity contribution is -0.411. The predicted molar refractivity (Wildman–Crippen MR) is 48.8 cm³/mol. The van der Waals surface area contributed by atoms with E-state index >= 15 is 0 Å². The molecule has 0 N–H and O–H groups in total. The highest BCUT2D eigenvalue weighted by Gasteiger charge is 2.50. The summed E-state index contributed by atoms with van der Waals surface area (Å²) in [6.07, 6.45) is -14.2. The molecule has 0 aliphatic heterocycles. The summed E-state index contributed by atoms with van der Waals surface area (Å²) >= 11 is 0. The van der Waals surface area contributed by atoms with E-state index in [1.54, 1.807) is 6.92 Å². The first-order chi connectivity index (χ1) is 8.10. The molecule has 0 fully saturated rings. The zero-order chi connectivity index (χ0) is 14.0. The van der Waals surface area contributed by atoms with Gasteiger partial charge in [0.1, 0.15) is 5.75 Å². The Morgan fingerprint density at radius 1 is 1.00 bits per heavy atom. The molecule has 2 nitrogen and oxygen atoms in total. The maximum atomic E-state index is 12.9. The maximum Gasteiger partial charge on any atom is 0.525 e. The number of alkyl halides is 6. The highest BCUT2D eigenvalue weighted by Crippen LogP contribution is 2.31. The maximum absolute atomic E-state index is 12.9. The minimum Gasteiger partial charge on any atom is -0.429 e. The number of hydrogen-bond acceptors (Lipinski definition) is 2. The highest BCUT2D eigenvalue weighted by atomic mass is 19.4. The second kappa shape index (κ2) is 5.05. The number of ether oxygens (including phenoxy) is 2. The fraction of sp³-hybridized carbons (Fsp3) is 0.400. The molecule has 0 aliphatic rings. The zero-order valence-electron chi connectivity index (χ0n) is 8.97. The smallest absolute Gasteiger partial charge is 0.429 e. The minimum absolute atomic E-state index is 0.473. The van der Waals surface area contributed by atoms with Crippen LogP contribution in [0.25, 0.3) is 0 Å². The van der Waals surface area contributed by atoms with Crippen molar-refractivity contribution in [3.05, 3.63) is 29.8 Å². The molecule has 102 valence electrons. The molecular weight excluding hydrogens is 266 g/mol. The second-order valence-corrected chi connectivity index (χ2v) is 3.36. The number of benzene rings is 1. The molecule has 0 heterocycles. The van der Waals surface area contributed by atoms with Gasteiger partial charge in [-0.2, -0.15) is 8.78 Å². The Balaban J connectivity index is 2.71. The summed E-state index contributed by atoms with van der Waals surface area (Å²) in [4.78, 5) is 0. The lowest BCUT2D eigenvalue weighted by Gasteiger charge is -2.22. The van der Waals surface area contributed by atoms with Crippen molar-refractivity contribution in [2.45, 2.75) is 25.8 Å².